The highest BCUT2D eigenvalue weighted by molar-refractivity contribution is 9.09. The van der Waals surface area contributed by atoms with Crippen molar-refractivity contribution in [3.63, 3.8) is 0 Å². The highest BCUT2D eigenvalue weighted by atomic mass is 79.9. The summed E-state index contributed by atoms with van der Waals surface area (Å²) in [4.78, 5) is 4.54. The van der Waals surface area contributed by atoms with Gasteiger partial charge in [0.2, 0.25) is 0 Å². The third-order valence-electron chi connectivity index (χ3n) is 3.55. The summed E-state index contributed by atoms with van der Waals surface area (Å²) in [6.07, 6.45) is 5.25. The molecule has 0 aliphatic carbocycles. The minimum Gasteiger partial charge on any atom is -0.378 e. The minimum absolute atomic E-state index is 0.369. The molecule has 1 aliphatic rings. The van der Waals surface area contributed by atoms with Gasteiger partial charge in [0, 0.05) is 29.7 Å². The van der Waals surface area contributed by atoms with E-state index < -0.39 is 0 Å². The molecule has 0 N–H and O–H groups in total. The van der Waals surface area contributed by atoms with Crippen molar-refractivity contribution in [2.24, 2.45) is 5.92 Å². The van der Waals surface area contributed by atoms with Crippen LogP contribution in [0.4, 0.5) is 0 Å². The van der Waals surface area contributed by atoms with Gasteiger partial charge in [-0.15, -0.1) is 0 Å². The Morgan fingerprint density at radius 3 is 2.69 bits per heavy atom. The Morgan fingerprint density at radius 2 is 2.12 bits per heavy atom. The molecule has 2 rings (SSSR count). The van der Waals surface area contributed by atoms with Gasteiger partial charge in [0.1, 0.15) is 0 Å². The zero-order valence-electron chi connectivity index (χ0n) is 9.77. The highest BCUT2D eigenvalue weighted by Crippen LogP contribution is 2.36. The lowest BCUT2D eigenvalue weighted by Gasteiger charge is -2.26. The summed E-state index contributed by atoms with van der Waals surface area (Å²) in [5, 5.41) is 0. The number of nitrogens with zero attached hydrogens (tertiary/aromatic N) is 1. The number of halogens is 1. The first-order valence-corrected chi connectivity index (χ1v) is 6.77. The Morgan fingerprint density at radius 1 is 1.44 bits per heavy atom. The van der Waals surface area contributed by atoms with Crippen molar-refractivity contribution in [1.29, 1.82) is 0 Å². The summed E-state index contributed by atoms with van der Waals surface area (Å²) in [6, 6.07) is 4.19. The summed E-state index contributed by atoms with van der Waals surface area (Å²) in [5.41, 5.74) is 1.34. The van der Waals surface area contributed by atoms with Gasteiger partial charge < -0.3 is 4.74 Å². The van der Waals surface area contributed by atoms with Gasteiger partial charge >= 0.3 is 0 Å². The molecule has 2 nitrogen and oxygen atoms in total. The number of aromatic nitrogens is 1. The van der Waals surface area contributed by atoms with Crippen LogP contribution in [-0.2, 0) is 4.74 Å². The first kappa shape index (κ1) is 12.1. The molecule has 0 aromatic carbocycles. The average molecular weight is 284 g/mol. The fourth-order valence-corrected chi connectivity index (χ4v) is 3.39. The van der Waals surface area contributed by atoms with Crippen LogP contribution in [0.15, 0.2) is 24.5 Å². The third kappa shape index (κ3) is 2.46. The van der Waals surface area contributed by atoms with Gasteiger partial charge in [0.05, 0.1) is 6.10 Å². The predicted octanol–water partition coefficient (Wildman–Crippen LogP) is 3.37. The number of hydrogen-bond donors (Lipinski definition) is 0. The van der Waals surface area contributed by atoms with E-state index in [1.54, 1.807) is 0 Å². The SMILES string of the molecule is CC1OCCC1C(Br)C(C)c1ccncc1. The first-order chi connectivity index (χ1) is 7.70. The summed E-state index contributed by atoms with van der Waals surface area (Å²) < 4.78 is 5.63. The molecule has 4 unspecified atom stereocenters. The summed E-state index contributed by atoms with van der Waals surface area (Å²) in [5.74, 6) is 1.11. The van der Waals surface area contributed by atoms with Gasteiger partial charge in [-0.25, -0.2) is 0 Å². The average Bonchev–Trinajstić information content (AvgIpc) is 2.75. The number of ether oxygens (including phenoxy) is 1. The topological polar surface area (TPSA) is 22.1 Å². The predicted molar refractivity (Wildman–Crippen MR) is 68.9 cm³/mol. The van der Waals surface area contributed by atoms with Crippen LogP contribution in [0.5, 0.6) is 0 Å². The van der Waals surface area contributed by atoms with Crippen molar-refractivity contribution >= 4 is 15.9 Å². The molecule has 0 saturated carbocycles. The van der Waals surface area contributed by atoms with E-state index >= 15 is 0 Å². The normalized spacial score (nSPS) is 28.9. The second-order valence-corrected chi connectivity index (χ2v) is 5.60. The van der Waals surface area contributed by atoms with Gasteiger partial charge in [-0.3, -0.25) is 4.98 Å². The van der Waals surface area contributed by atoms with Crippen molar-refractivity contribution in [3.8, 4) is 0 Å². The van der Waals surface area contributed by atoms with Crippen molar-refractivity contribution in [3.05, 3.63) is 30.1 Å². The molecular weight excluding hydrogens is 266 g/mol. The van der Waals surface area contributed by atoms with E-state index in [1.807, 2.05) is 12.4 Å². The molecule has 0 amide bonds. The Labute approximate surface area is 106 Å². The van der Waals surface area contributed by atoms with Gasteiger partial charge in [-0.2, -0.15) is 0 Å². The molecule has 4 atom stereocenters. The first-order valence-electron chi connectivity index (χ1n) is 5.85. The maximum Gasteiger partial charge on any atom is 0.0586 e. The quantitative estimate of drug-likeness (QED) is 0.794. The van der Waals surface area contributed by atoms with Crippen LogP contribution < -0.4 is 0 Å². The number of alkyl halides is 1. The van der Waals surface area contributed by atoms with Gasteiger partial charge in [-0.1, -0.05) is 22.9 Å². The number of pyridine rings is 1. The molecule has 88 valence electrons. The van der Waals surface area contributed by atoms with Crippen molar-refractivity contribution in [1.82, 2.24) is 4.98 Å². The van der Waals surface area contributed by atoms with Crippen LogP contribution in [0.25, 0.3) is 0 Å². The summed E-state index contributed by atoms with van der Waals surface area (Å²) >= 11 is 3.85. The van der Waals surface area contributed by atoms with E-state index in [9.17, 15) is 0 Å². The van der Waals surface area contributed by atoms with E-state index in [4.69, 9.17) is 4.74 Å². The lowest BCUT2D eigenvalue weighted by molar-refractivity contribution is 0.104. The summed E-state index contributed by atoms with van der Waals surface area (Å²) in [6.45, 7) is 5.34. The molecule has 0 bridgehead atoms. The minimum atomic E-state index is 0.369. The van der Waals surface area contributed by atoms with Crippen molar-refractivity contribution in [2.45, 2.75) is 37.1 Å². The Kier molecular flexibility index (Phi) is 3.98. The second-order valence-electron chi connectivity index (χ2n) is 4.54. The number of rotatable bonds is 3. The molecule has 1 saturated heterocycles. The fraction of sp³-hybridized carbons (Fsp3) is 0.615. The molecule has 1 aromatic rings. The maximum absolute atomic E-state index is 5.63. The molecule has 2 heterocycles. The standard InChI is InChI=1S/C13H18BrNO/c1-9(11-3-6-15-7-4-11)13(14)12-5-8-16-10(12)2/h3-4,6-7,9-10,12-13H,5,8H2,1-2H3. The second kappa shape index (κ2) is 5.28. The van der Waals surface area contributed by atoms with Crippen LogP contribution in [0.2, 0.25) is 0 Å². The molecule has 0 spiro atoms. The lowest BCUT2D eigenvalue weighted by Crippen LogP contribution is -2.26. The lowest BCUT2D eigenvalue weighted by atomic mass is 9.87. The highest BCUT2D eigenvalue weighted by Gasteiger charge is 2.33. The maximum atomic E-state index is 5.63. The molecule has 1 aromatic heterocycles. The Hall–Kier alpha value is -0.410. The van der Waals surface area contributed by atoms with Crippen LogP contribution in [0, 0.1) is 5.92 Å². The number of hydrogen-bond acceptors (Lipinski definition) is 2. The van der Waals surface area contributed by atoms with Gasteiger partial charge in [-0.05, 0) is 37.0 Å². The van der Waals surface area contributed by atoms with E-state index in [2.05, 4.69) is 46.9 Å². The smallest absolute Gasteiger partial charge is 0.0586 e. The monoisotopic (exact) mass is 283 g/mol. The van der Waals surface area contributed by atoms with E-state index in [0.717, 1.165) is 13.0 Å². The zero-order chi connectivity index (χ0) is 11.5. The largest absolute Gasteiger partial charge is 0.378 e. The van der Waals surface area contributed by atoms with Crippen LogP contribution in [0.3, 0.4) is 0 Å². The van der Waals surface area contributed by atoms with Crippen LogP contribution in [-0.4, -0.2) is 22.5 Å². The van der Waals surface area contributed by atoms with Crippen molar-refractivity contribution < 1.29 is 4.74 Å². The Bertz CT molecular complexity index is 330. The zero-order valence-corrected chi connectivity index (χ0v) is 11.4. The van der Waals surface area contributed by atoms with E-state index in [0.29, 0.717) is 22.8 Å². The van der Waals surface area contributed by atoms with Gasteiger partial charge in [0.25, 0.3) is 0 Å². The fourth-order valence-electron chi connectivity index (χ4n) is 2.39. The van der Waals surface area contributed by atoms with Crippen LogP contribution in [0.1, 0.15) is 31.7 Å². The molecule has 1 fully saturated rings. The van der Waals surface area contributed by atoms with Crippen LogP contribution >= 0.6 is 15.9 Å². The molecule has 0 radical (unpaired) electrons. The van der Waals surface area contributed by atoms with Crippen molar-refractivity contribution in [2.75, 3.05) is 6.61 Å². The third-order valence-corrected chi connectivity index (χ3v) is 5.03. The van der Waals surface area contributed by atoms with E-state index in [-0.39, 0.29) is 0 Å². The molecule has 1 aliphatic heterocycles. The molecular formula is C13H18BrNO. The summed E-state index contributed by atoms with van der Waals surface area (Å²) in [7, 11) is 0. The van der Waals surface area contributed by atoms with E-state index in [1.165, 1.54) is 5.56 Å². The Balaban J connectivity index is 2.07. The molecule has 3 heteroatoms. The van der Waals surface area contributed by atoms with Gasteiger partial charge in [0.15, 0.2) is 0 Å². The molecule has 16 heavy (non-hydrogen) atoms.